The second-order valence-corrected chi connectivity index (χ2v) is 5.28. The third-order valence-electron chi connectivity index (χ3n) is 3.47. The van der Waals surface area contributed by atoms with Gasteiger partial charge in [0.2, 0.25) is 0 Å². The number of nitrogens with zero attached hydrogens (tertiary/aromatic N) is 3. The van der Waals surface area contributed by atoms with Crippen molar-refractivity contribution in [1.82, 2.24) is 14.3 Å². The van der Waals surface area contributed by atoms with Gasteiger partial charge in [0.15, 0.2) is 0 Å². The summed E-state index contributed by atoms with van der Waals surface area (Å²) in [4.78, 5) is 24.7. The molecule has 118 valence electrons. The molecule has 0 fully saturated rings. The molecule has 0 amide bonds. The lowest BCUT2D eigenvalue weighted by Gasteiger charge is -2.09. The molecule has 0 unspecified atom stereocenters. The lowest BCUT2D eigenvalue weighted by molar-refractivity contribution is 0.0600. The number of aryl methyl sites for hydroxylation is 1. The largest absolute Gasteiger partial charge is 0.465 e. The predicted molar refractivity (Wildman–Crippen MR) is 86.5 cm³/mol. The van der Waals surface area contributed by atoms with Crippen LogP contribution in [-0.4, -0.2) is 33.3 Å². The van der Waals surface area contributed by atoms with Crippen molar-refractivity contribution in [3.05, 3.63) is 58.6 Å². The average Bonchev–Trinajstić information content (AvgIpc) is 2.92. The molecule has 0 saturated carbocycles. The molecule has 7 heteroatoms. The van der Waals surface area contributed by atoms with Crippen LogP contribution < -0.4 is 5.56 Å². The monoisotopic (exact) mass is 331 g/mol. The zero-order chi connectivity index (χ0) is 16.4. The second kappa shape index (κ2) is 6.26. The third-order valence-corrected chi connectivity index (χ3v) is 3.64. The van der Waals surface area contributed by atoms with Gasteiger partial charge >= 0.3 is 5.97 Å². The molecular formula is C16H14ClN3O3. The Morgan fingerprint density at radius 1 is 1.26 bits per heavy atom. The number of halogens is 1. The quantitative estimate of drug-likeness (QED) is 0.543. The van der Waals surface area contributed by atoms with Crippen molar-refractivity contribution in [2.75, 3.05) is 13.0 Å². The van der Waals surface area contributed by atoms with Gasteiger partial charge in [0, 0.05) is 24.8 Å². The van der Waals surface area contributed by atoms with Crippen LogP contribution in [0.2, 0.25) is 0 Å². The molecule has 2 aliphatic rings. The van der Waals surface area contributed by atoms with Gasteiger partial charge in [-0.05, 0) is 12.1 Å². The second-order valence-electron chi connectivity index (χ2n) is 4.91. The first kappa shape index (κ1) is 15.3. The van der Waals surface area contributed by atoms with Gasteiger partial charge in [-0.15, -0.1) is 11.6 Å². The summed E-state index contributed by atoms with van der Waals surface area (Å²) in [5.41, 5.74) is 1.24. The zero-order valence-corrected chi connectivity index (χ0v) is 13.2. The number of methoxy groups -OCH3 is 1. The molecule has 0 bridgehead atoms. The third kappa shape index (κ3) is 2.73. The van der Waals surface area contributed by atoms with E-state index in [4.69, 9.17) is 16.3 Å². The van der Waals surface area contributed by atoms with Crippen LogP contribution in [0.5, 0.6) is 0 Å². The number of hydrogen-bond acceptors (Lipinski definition) is 4. The lowest BCUT2D eigenvalue weighted by Crippen LogP contribution is -2.15. The summed E-state index contributed by atoms with van der Waals surface area (Å²) in [6.45, 7) is 0.470. The van der Waals surface area contributed by atoms with Crippen LogP contribution in [0.4, 0.5) is 0 Å². The van der Waals surface area contributed by atoms with E-state index in [-0.39, 0.29) is 11.1 Å². The zero-order valence-electron chi connectivity index (χ0n) is 12.4. The number of ether oxygens (including phenoxy) is 1. The first-order chi connectivity index (χ1) is 11.2. The topological polar surface area (TPSA) is 66.1 Å². The number of aromatic nitrogens is 3. The summed E-state index contributed by atoms with van der Waals surface area (Å²) in [6, 6.07) is 9.04. The van der Waals surface area contributed by atoms with Crippen LogP contribution >= 0.6 is 11.6 Å². The Hall–Kier alpha value is -2.60. The fraction of sp³-hybridized carbons (Fsp3) is 0.188. The highest BCUT2D eigenvalue weighted by Gasteiger charge is 2.24. The molecule has 3 rings (SSSR count). The van der Waals surface area contributed by atoms with E-state index in [1.54, 1.807) is 29.1 Å². The number of para-hydroxylation sites is 1. The van der Waals surface area contributed by atoms with Crippen molar-refractivity contribution in [2.45, 2.75) is 6.54 Å². The Labute approximate surface area is 137 Å². The molecular weight excluding hydrogens is 318 g/mol. The minimum Gasteiger partial charge on any atom is -0.465 e. The van der Waals surface area contributed by atoms with Crippen LogP contribution in [-0.2, 0) is 11.3 Å². The van der Waals surface area contributed by atoms with Crippen molar-refractivity contribution in [3.8, 4) is 16.9 Å². The van der Waals surface area contributed by atoms with Crippen molar-refractivity contribution in [2.24, 2.45) is 0 Å². The van der Waals surface area contributed by atoms with Gasteiger partial charge in [-0.3, -0.25) is 4.79 Å². The molecule has 6 nitrogen and oxygen atoms in total. The molecule has 0 aliphatic carbocycles. The molecule has 23 heavy (non-hydrogen) atoms. The van der Waals surface area contributed by atoms with E-state index >= 15 is 0 Å². The minimum absolute atomic E-state index is 0.238. The standard InChI is InChI=1S/C16H14ClN3O3/c1-23-16(22)13-10-19(8-7-17)9-12-14(13)18-20(15(12)21)11-5-3-2-4-6-11/h2-6,9-10H,7-8H2,1H3. The normalized spacial score (nSPS) is 10.9. The first-order valence-corrected chi connectivity index (χ1v) is 7.51. The number of alkyl halides is 1. The Kier molecular flexibility index (Phi) is 4.16. The van der Waals surface area contributed by atoms with Gasteiger partial charge in [-0.2, -0.15) is 9.78 Å². The van der Waals surface area contributed by atoms with E-state index in [2.05, 4.69) is 5.10 Å². The Balaban J connectivity index is 2.27. The summed E-state index contributed by atoms with van der Waals surface area (Å²) in [7, 11) is 1.29. The van der Waals surface area contributed by atoms with Crippen LogP contribution in [0.15, 0.2) is 47.5 Å². The van der Waals surface area contributed by atoms with Crippen LogP contribution in [0, 0.1) is 0 Å². The molecule has 2 aliphatic heterocycles. The van der Waals surface area contributed by atoms with E-state index in [0.717, 1.165) is 0 Å². The van der Waals surface area contributed by atoms with Crippen molar-refractivity contribution in [3.63, 3.8) is 0 Å². The highest BCUT2D eigenvalue weighted by Crippen LogP contribution is 2.22. The number of rotatable bonds is 4. The molecule has 2 heterocycles. The molecule has 0 radical (unpaired) electrons. The number of benzene rings is 1. The Morgan fingerprint density at radius 3 is 2.65 bits per heavy atom. The minimum atomic E-state index is -0.545. The summed E-state index contributed by atoms with van der Waals surface area (Å²) in [5, 5.41) is 4.31. The van der Waals surface area contributed by atoms with Gasteiger partial charge < -0.3 is 9.30 Å². The highest BCUT2D eigenvalue weighted by atomic mass is 35.5. The molecule has 0 saturated heterocycles. The Morgan fingerprint density at radius 2 is 2.00 bits per heavy atom. The van der Waals surface area contributed by atoms with Crippen molar-refractivity contribution >= 4 is 17.6 Å². The van der Waals surface area contributed by atoms with Gasteiger partial charge in [0.25, 0.3) is 5.56 Å². The van der Waals surface area contributed by atoms with Gasteiger partial charge in [-0.1, -0.05) is 18.2 Å². The number of esters is 1. The molecule has 1 aromatic rings. The number of fused-ring (bicyclic) bond motifs is 1. The Bertz CT molecular complexity index is 870. The van der Waals surface area contributed by atoms with Gasteiger partial charge in [0.05, 0.1) is 18.4 Å². The number of hydrogen-bond donors (Lipinski definition) is 0. The number of carbonyl (C=O) groups excluding carboxylic acids is 1. The van der Waals surface area contributed by atoms with Crippen molar-refractivity contribution in [1.29, 1.82) is 0 Å². The van der Waals surface area contributed by atoms with E-state index in [1.807, 2.05) is 18.2 Å². The summed E-state index contributed by atoms with van der Waals surface area (Å²) in [5.74, 6) is -0.186. The maximum absolute atomic E-state index is 12.7. The molecule has 0 N–H and O–H groups in total. The fourth-order valence-electron chi connectivity index (χ4n) is 2.39. The molecule has 1 aromatic carbocycles. The average molecular weight is 332 g/mol. The summed E-state index contributed by atoms with van der Waals surface area (Å²) < 4.78 is 7.77. The van der Waals surface area contributed by atoms with Crippen LogP contribution in [0.1, 0.15) is 10.4 Å². The highest BCUT2D eigenvalue weighted by molar-refractivity contribution is 6.17. The van der Waals surface area contributed by atoms with Crippen LogP contribution in [0.25, 0.3) is 16.9 Å². The van der Waals surface area contributed by atoms with E-state index < -0.39 is 5.97 Å². The summed E-state index contributed by atoms with van der Waals surface area (Å²) in [6.07, 6.45) is 3.25. The SMILES string of the molecule is COC(=O)c1cn(CCCl)cc2c(=O)n(-c3ccccc3)nc1-2. The van der Waals surface area contributed by atoms with Crippen molar-refractivity contribution < 1.29 is 9.53 Å². The van der Waals surface area contributed by atoms with E-state index in [0.29, 0.717) is 29.4 Å². The molecule has 0 aromatic heterocycles. The smallest absolute Gasteiger partial charge is 0.341 e. The maximum atomic E-state index is 12.7. The number of pyridine rings is 1. The fourth-order valence-corrected chi connectivity index (χ4v) is 2.59. The van der Waals surface area contributed by atoms with E-state index in [1.165, 1.54) is 11.8 Å². The molecule has 0 spiro atoms. The summed E-state index contributed by atoms with van der Waals surface area (Å²) >= 11 is 5.76. The first-order valence-electron chi connectivity index (χ1n) is 6.98. The predicted octanol–water partition coefficient (Wildman–Crippen LogP) is 2.16. The van der Waals surface area contributed by atoms with Gasteiger partial charge in [0.1, 0.15) is 11.3 Å². The lowest BCUT2D eigenvalue weighted by atomic mass is 10.1. The number of carbonyl (C=O) groups is 1. The van der Waals surface area contributed by atoms with E-state index in [9.17, 15) is 9.59 Å². The van der Waals surface area contributed by atoms with Crippen LogP contribution in [0.3, 0.4) is 0 Å². The molecule has 0 atom stereocenters. The maximum Gasteiger partial charge on any atom is 0.341 e. The van der Waals surface area contributed by atoms with Gasteiger partial charge in [-0.25, -0.2) is 4.79 Å².